The molecule has 1 amide bonds. The summed E-state index contributed by atoms with van der Waals surface area (Å²) in [4.78, 5) is 14.5. The number of nitrogens with one attached hydrogen (secondary N) is 1. The Labute approximate surface area is 151 Å². The van der Waals surface area contributed by atoms with E-state index >= 15 is 0 Å². The maximum Gasteiger partial charge on any atom is 0.224 e. The molecular formula is C20H32N2O3. The van der Waals surface area contributed by atoms with Crippen molar-refractivity contribution in [3.05, 3.63) is 18.2 Å². The zero-order valence-electron chi connectivity index (χ0n) is 15.8. The fourth-order valence-electron chi connectivity index (χ4n) is 3.38. The van der Waals surface area contributed by atoms with E-state index in [1.165, 1.54) is 25.7 Å². The summed E-state index contributed by atoms with van der Waals surface area (Å²) in [5, 5.41) is 3.00. The number of anilines is 1. The monoisotopic (exact) mass is 348 g/mol. The summed E-state index contributed by atoms with van der Waals surface area (Å²) < 4.78 is 11.3. The van der Waals surface area contributed by atoms with Gasteiger partial charge in [0.1, 0.15) is 6.61 Å². The Morgan fingerprint density at radius 2 is 1.92 bits per heavy atom. The number of benzene rings is 1. The van der Waals surface area contributed by atoms with Crippen molar-refractivity contribution in [1.82, 2.24) is 4.90 Å². The van der Waals surface area contributed by atoms with Gasteiger partial charge < -0.3 is 19.7 Å². The molecule has 1 aliphatic carbocycles. The van der Waals surface area contributed by atoms with Gasteiger partial charge in [0.15, 0.2) is 11.5 Å². The first kappa shape index (κ1) is 19.6. The first-order valence-corrected chi connectivity index (χ1v) is 9.49. The van der Waals surface area contributed by atoms with Gasteiger partial charge in [0.2, 0.25) is 5.91 Å². The maximum absolute atomic E-state index is 12.2. The molecule has 0 aromatic heterocycles. The number of methoxy groups -OCH3 is 1. The zero-order valence-corrected chi connectivity index (χ0v) is 15.8. The predicted molar refractivity (Wildman–Crippen MR) is 101 cm³/mol. The first-order valence-electron chi connectivity index (χ1n) is 9.49. The molecule has 1 aliphatic rings. The molecule has 1 aromatic carbocycles. The minimum atomic E-state index is 0.0890. The second kappa shape index (κ2) is 10.3. The van der Waals surface area contributed by atoms with Crippen LogP contribution in [0.1, 0.15) is 46.0 Å². The normalized spacial score (nSPS) is 14.7. The van der Waals surface area contributed by atoms with E-state index in [0.717, 1.165) is 25.3 Å². The van der Waals surface area contributed by atoms with Crippen molar-refractivity contribution in [2.45, 2.75) is 46.0 Å². The van der Waals surface area contributed by atoms with Crippen LogP contribution in [0, 0.1) is 5.92 Å². The summed E-state index contributed by atoms with van der Waals surface area (Å²) in [6.45, 7) is 7.77. The van der Waals surface area contributed by atoms with E-state index in [4.69, 9.17) is 9.47 Å². The van der Waals surface area contributed by atoms with Crippen molar-refractivity contribution >= 4 is 11.6 Å². The highest BCUT2D eigenvalue weighted by Crippen LogP contribution is 2.31. The smallest absolute Gasteiger partial charge is 0.224 e. The average molecular weight is 348 g/mol. The Hall–Kier alpha value is -1.75. The number of carbonyl (C=O) groups is 1. The number of amides is 1. The van der Waals surface area contributed by atoms with Gasteiger partial charge in [-0.3, -0.25) is 4.79 Å². The average Bonchev–Trinajstić information content (AvgIpc) is 3.11. The molecule has 0 radical (unpaired) electrons. The third-order valence-electron chi connectivity index (χ3n) is 4.96. The molecule has 1 saturated carbocycles. The first-order chi connectivity index (χ1) is 12.2. The summed E-state index contributed by atoms with van der Waals surface area (Å²) in [6.07, 6.45) is 5.48. The summed E-state index contributed by atoms with van der Waals surface area (Å²) in [7, 11) is 1.63. The molecule has 5 heteroatoms. The van der Waals surface area contributed by atoms with Crippen LogP contribution in [-0.4, -0.2) is 44.2 Å². The van der Waals surface area contributed by atoms with Gasteiger partial charge in [0.05, 0.1) is 7.11 Å². The standard InChI is InChI=1S/C20H32N2O3/c1-4-22(5-2)12-13-25-19-15-17(10-11-18(19)24-3)21-20(23)14-16-8-6-7-9-16/h10-11,15-16H,4-9,12-14H2,1-3H3,(H,21,23). The lowest BCUT2D eigenvalue weighted by Crippen LogP contribution is -2.28. The van der Waals surface area contributed by atoms with E-state index in [0.29, 0.717) is 30.4 Å². The van der Waals surface area contributed by atoms with Gasteiger partial charge in [-0.05, 0) is 44.0 Å². The van der Waals surface area contributed by atoms with Crippen molar-refractivity contribution in [1.29, 1.82) is 0 Å². The summed E-state index contributed by atoms with van der Waals surface area (Å²) in [5.74, 6) is 2.00. The Bertz CT molecular complexity index is 538. The van der Waals surface area contributed by atoms with Gasteiger partial charge in [0.25, 0.3) is 0 Å². The van der Waals surface area contributed by atoms with Gasteiger partial charge in [0, 0.05) is 24.7 Å². The van der Waals surface area contributed by atoms with Gasteiger partial charge >= 0.3 is 0 Å². The summed E-state index contributed by atoms with van der Waals surface area (Å²) in [5.41, 5.74) is 0.765. The minimum Gasteiger partial charge on any atom is -0.493 e. The second-order valence-corrected chi connectivity index (χ2v) is 6.64. The number of likely N-dealkylation sites (N-methyl/N-ethyl adjacent to an activating group) is 1. The fraction of sp³-hybridized carbons (Fsp3) is 0.650. The van der Waals surface area contributed by atoms with E-state index in [2.05, 4.69) is 24.1 Å². The van der Waals surface area contributed by atoms with Crippen LogP contribution in [-0.2, 0) is 4.79 Å². The maximum atomic E-state index is 12.2. The van der Waals surface area contributed by atoms with Gasteiger partial charge in [-0.2, -0.15) is 0 Å². The number of rotatable bonds is 10. The largest absolute Gasteiger partial charge is 0.493 e. The highest BCUT2D eigenvalue weighted by molar-refractivity contribution is 5.91. The topological polar surface area (TPSA) is 50.8 Å². The molecule has 0 atom stereocenters. The van der Waals surface area contributed by atoms with Gasteiger partial charge in [-0.1, -0.05) is 26.7 Å². The van der Waals surface area contributed by atoms with E-state index in [1.54, 1.807) is 7.11 Å². The molecular weight excluding hydrogens is 316 g/mol. The second-order valence-electron chi connectivity index (χ2n) is 6.64. The molecule has 0 spiro atoms. The molecule has 0 bridgehead atoms. The molecule has 0 unspecified atom stereocenters. The number of hydrogen-bond acceptors (Lipinski definition) is 4. The van der Waals surface area contributed by atoms with Crippen LogP contribution in [0.25, 0.3) is 0 Å². The van der Waals surface area contributed by atoms with E-state index in [1.807, 2.05) is 18.2 Å². The predicted octanol–water partition coefficient (Wildman–Crippen LogP) is 3.93. The number of hydrogen-bond donors (Lipinski definition) is 1. The molecule has 5 nitrogen and oxygen atoms in total. The number of nitrogens with zero attached hydrogens (tertiary/aromatic N) is 1. The van der Waals surface area contributed by atoms with Gasteiger partial charge in [-0.15, -0.1) is 0 Å². The zero-order chi connectivity index (χ0) is 18.1. The van der Waals surface area contributed by atoms with Crippen LogP contribution < -0.4 is 14.8 Å². The quantitative estimate of drug-likeness (QED) is 0.696. The Balaban J connectivity index is 1.91. The van der Waals surface area contributed by atoms with E-state index in [9.17, 15) is 4.79 Å². The number of carbonyl (C=O) groups excluding carboxylic acids is 1. The molecule has 1 aromatic rings. The Kier molecular flexibility index (Phi) is 8.06. The van der Waals surface area contributed by atoms with Crippen molar-refractivity contribution < 1.29 is 14.3 Å². The van der Waals surface area contributed by atoms with Crippen LogP contribution in [0.15, 0.2) is 18.2 Å². The van der Waals surface area contributed by atoms with Crippen molar-refractivity contribution in [2.24, 2.45) is 5.92 Å². The van der Waals surface area contributed by atoms with Crippen molar-refractivity contribution in [3.63, 3.8) is 0 Å². The fourth-order valence-corrected chi connectivity index (χ4v) is 3.38. The molecule has 0 heterocycles. The van der Waals surface area contributed by atoms with Gasteiger partial charge in [-0.25, -0.2) is 0 Å². The lowest BCUT2D eigenvalue weighted by atomic mass is 10.0. The highest BCUT2D eigenvalue weighted by atomic mass is 16.5. The van der Waals surface area contributed by atoms with Crippen LogP contribution >= 0.6 is 0 Å². The van der Waals surface area contributed by atoms with E-state index in [-0.39, 0.29) is 5.91 Å². The molecule has 0 saturated heterocycles. The molecule has 1 N–H and O–H groups in total. The lowest BCUT2D eigenvalue weighted by Gasteiger charge is -2.19. The van der Waals surface area contributed by atoms with Crippen LogP contribution in [0.3, 0.4) is 0 Å². The van der Waals surface area contributed by atoms with Crippen LogP contribution in [0.4, 0.5) is 5.69 Å². The lowest BCUT2D eigenvalue weighted by molar-refractivity contribution is -0.117. The molecule has 140 valence electrons. The molecule has 25 heavy (non-hydrogen) atoms. The molecule has 2 rings (SSSR count). The summed E-state index contributed by atoms with van der Waals surface area (Å²) >= 11 is 0. The Morgan fingerprint density at radius 1 is 1.20 bits per heavy atom. The van der Waals surface area contributed by atoms with Crippen molar-refractivity contribution in [2.75, 3.05) is 38.7 Å². The molecule has 1 fully saturated rings. The third kappa shape index (κ3) is 6.24. The Morgan fingerprint density at radius 3 is 2.56 bits per heavy atom. The van der Waals surface area contributed by atoms with Crippen molar-refractivity contribution in [3.8, 4) is 11.5 Å². The van der Waals surface area contributed by atoms with Crippen LogP contribution in [0.5, 0.6) is 11.5 Å². The molecule has 0 aliphatic heterocycles. The van der Waals surface area contributed by atoms with E-state index < -0.39 is 0 Å². The third-order valence-corrected chi connectivity index (χ3v) is 4.96. The minimum absolute atomic E-state index is 0.0890. The highest BCUT2D eigenvalue weighted by Gasteiger charge is 2.18. The summed E-state index contributed by atoms with van der Waals surface area (Å²) in [6, 6.07) is 5.56. The number of ether oxygens (including phenoxy) is 2. The SMILES string of the molecule is CCN(CC)CCOc1cc(NC(=O)CC2CCCC2)ccc1OC. The van der Waals surface area contributed by atoms with Crippen LogP contribution in [0.2, 0.25) is 0 Å².